The minimum atomic E-state index is -0.597. The summed E-state index contributed by atoms with van der Waals surface area (Å²) in [6, 6.07) is 6.77. The Morgan fingerprint density at radius 2 is 1.76 bits per heavy atom. The lowest BCUT2D eigenvalue weighted by molar-refractivity contribution is -0.132. The van der Waals surface area contributed by atoms with Gasteiger partial charge in [0.25, 0.3) is 0 Å². The maximum atomic E-state index is 12.2. The van der Waals surface area contributed by atoms with E-state index in [1.807, 2.05) is 13.8 Å². The summed E-state index contributed by atoms with van der Waals surface area (Å²) < 4.78 is 0. The molecule has 0 aromatic heterocycles. The molecule has 1 aromatic carbocycles. The molecule has 0 aliphatic carbocycles. The standard InChI is InChI=1S/C15H22ClN3O2/c1-3-15(4-2,10-17)14(21)18-9-13(20)19-12-7-5-11(16)6-8-12/h5-8H,3-4,9-10,17H2,1-2H3,(H,18,21)(H,19,20). The number of nitrogens with one attached hydrogen (secondary N) is 2. The van der Waals surface area contributed by atoms with Crippen molar-refractivity contribution in [1.82, 2.24) is 5.32 Å². The van der Waals surface area contributed by atoms with Crippen LogP contribution in [0.2, 0.25) is 5.02 Å². The van der Waals surface area contributed by atoms with Gasteiger partial charge < -0.3 is 16.4 Å². The van der Waals surface area contributed by atoms with Gasteiger partial charge in [-0.15, -0.1) is 0 Å². The SMILES string of the molecule is CCC(CC)(CN)C(=O)NCC(=O)Nc1ccc(Cl)cc1. The molecule has 0 atom stereocenters. The maximum absolute atomic E-state index is 12.2. The first-order valence-electron chi connectivity index (χ1n) is 7.01. The second kappa shape index (κ2) is 8.00. The van der Waals surface area contributed by atoms with E-state index in [4.69, 9.17) is 17.3 Å². The monoisotopic (exact) mass is 311 g/mol. The first kappa shape index (κ1) is 17.5. The number of halogens is 1. The predicted molar refractivity (Wildman–Crippen MR) is 85.2 cm³/mol. The summed E-state index contributed by atoms with van der Waals surface area (Å²) in [5.74, 6) is -0.468. The quantitative estimate of drug-likeness (QED) is 0.721. The molecule has 0 aliphatic heterocycles. The number of carbonyl (C=O) groups excluding carboxylic acids is 2. The van der Waals surface area contributed by atoms with Crippen LogP contribution in [0.5, 0.6) is 0 Å². The summed E-state index contributed by atoms with van der Waals surface area (Å²) in [6.45, 7) is 4.03. The number of carbonyl (C=O) groups is 2. The third-order valence-corrected chi connectivity index (χ3v) is 4.02. The van der Waals surface area contributed by atoms with Gasteiger partial charge in [0, 0.05) is 17.3 Å². The average molecular weight is 312 g/mol. The second-order valence-electron chi connectivity index (χ2n) is 4.93. The van der Waals surface area contributed by atoms with Crippen molar-refractivity contribution in [2.24, 2.45) is 11.1 Å². The number of anilines is 1. The highest BCUT2D eigenvalue weighted by molar-refractivity contribution is 6.30. The third kappa shape index (κ3) is 4.72. The second-order valence-corrected chi connectivity index (χ2v) is 5.37. The molecule has 1 aromatic rings. The molecule has 0 spiro atoms. The van der Waals surface area contributed by atoms with Crippen LogP contribution in [0.3, 0.4) is 0 Å². The van der Waals surface area contributed by atoms with Gasteiger partial charge in [-0.1, -0.05) is 25.4 Å². The molecule has 0 unspecified atom stereocenters. The van der Waals surface area contributed by atoms with Gasteiger partial charge in [-0.05, 0) is 37.1 Å². The smallest absolute Gasteiger partial charge is 0.243 e. The lowest BCUT2D eigenvalue weighted by atomic mass is 9.81. The molecule has 0 saturated carbocycles. The van der Waals surface area contributed by atoms with Crippen LogP contribution in [0.1, 0.15) is 26.7 Å². The van der Waals surface area contributed by atoms with E-state index in [1.54, 1.807) is 24.3 Å². The normalized spacial score (nSPS) is 11.0. The zero-order valence-corrected chi connectivity index (χ0v) is 13.2. The van der Waals surface area contributed by atoms with Crippen molar-refractivity contribution in [2.75, 3.05) is 18.4 Å². The summed E-state index contributed by atoms with van der Waals surface area (Å²) >= 11 is 5.77. The van der Waals surface area contributed by atoms with Crippen molar-refractivity contribution in [3.63, 3.8) is 0 Å². The van der Waals surface area contributed by atoms with Crippen LogP contribution in [-0.2, 0) is 9.59 Å². The van der Waals surface area contributed by atoms with E-state index in [2.05, 4.69) is 10.6 Å². The van der Waals surface area contributed by atoms with E-state index in [9.17, 15) is 9.59 Å². The van der Waals surface area contributed by atoms with E-state index >= 15 is 0 Å². The summed E-state index contributed by atoms with van der Waals surface area (Å²) in [5, 5.41) is 5.93. The van der Waals surface area contributed by atoms with Crippen LogP contribution in [0.25, 0.3) is 0 Å². The summed E-state index contributed by atoms with van der Waals surface area (Å²) in [7, 11) is 0. The molecule has 0 fully saturated rings. The Morgan fingerprint density at radius 1 is 1.19 bits per heavy atom. The van der Waals surface area contributed by atoms with Gasteiger partial charge in [0.2, 0.25) is 11.8 Å². The fourth-order valence-corrected chi connectivity index (χ4v) is 2.16. The van der Waals surface area contributed by atoms with Crippen molar-refractivity contribution in [1.29, 1.82) is 0 Å². The molecule has 0 saturated heterocycles. The van der Waals surface area contributed by atoms with Crippen molar-refractivity contribution < 1.29 is 9.59 Å². The van der Waals surface area contributed by atoms with Crippen LogP contribution >= 0.6 is 11.6 Å². The van der Waals surface area contributed by atoms with Crippen LogP contribution < -0.4 is 16.4 Å². The van der Waals surface area contributed by atoms with Crippen molar-refractivity contribution in [3.05, 3.63) is 29.3 Å². The Bertz CT molecular complexity index is 476. The highest BCUT2D eigenvalue weighted by atomic mass is 35.5. The molecule has 0 radical (unpaired) electrons. The topological polar surface area (TPSA) is 84.2 Å². The molecule has 5 nitrogen and oxygen atoms in total. The minimum absolute atomic E-state index is 0.0801. The molecule has 21 heavy (non-hydrogen) atoms. The summed E-state index contributed by atoms with van der Waals surface area (Å²) in [5.41, 5.74) is 5.74. The van der Waals surface area contributed by atoms with E-state index in [1.165, 1.54) is 0 Å². The van der Waals surface area contributed by atoms with Crippen molar-refractivity contribution in [3.8, 4) is 0 Å². The van der Waals surface area contributed by atoms with Crippen molar-refractivity contribution >= 4 is 29.1 Å². The number of hydrogen-bond donors (Lipinski definition) is 3. The van der Waals surface area contributed by atoms with E-state index in [0.717, 1.165) is 0 Å². The molecule has 1 rings (SSSR count). The number of benzene rings is 1. The van der Waals surface area contributed by atoms with Gasteiger partial charge in [0.1, 0.15) is 0 Å². The fourth-order valence-electron chi connectivity index (χ4n) is 2.04. The van der Waals surface area contributed by atoms with Crippen LogP contribution in [0, 0.1) is 5.41 Å². The Labute approximate surface area is 130 Å². The molecule has 0 bridgehead atoms. The van der Waals surface area contributed by atoms with E-state index < -0.39 is 5.41 Å². The lowest BCUT2D eigenvalue weighted by Crippen LogP contribution is -2.47. The van der Waals surface area contributed by atoms with Crippen LogP contribution in [-0.4, -0.2) is 24.9 Å². The van der Waals surface area contributed by atoms with Gasteiger partial charge in [0.15, 0.2) is 0 Å². The van der Waals surface area contributed by atoms with Gasteiger partial charge in [0.05, 0.1) is 12.0 Å². The minimum Gasteiger partial charge on any atom is -0.347 e. The fraction of sp³-hybridized carbons (Fsp3) is 0.467. The Morgan fingerprint density at radius 3 is 2.24 bits per heavy atom. The first-order chi connectivity index (χ1) is 9.97. The highest BCUT2D eigenvalue weighted by Gasteiger charge is 2.33. The van der Waals surface area contributed by atoms with Gasteiger partial charge in [-0.3, -0.25) is 9.59 Å². The molecular weight excluding hydrogens is 290 g/mol. The number of hydrogen-bond acceptors (Lipinski definition) is 3. The number of amides is 2. The molecule has 0 aliphatic rings. The molecule has 4 N–H and O–H groups in total. The molecule has 2 amide bonds. The van der Waals surface area contributed by atoms with E-state index in [-0.39, 0.29) is 24.9 Å². The van der Waals surface area contributed by atoms with Crippen molar-refractivity contribution in [2.45, 2.75) is 26.7 Å². The van der Waals surface area contributed by atoms with Gasteiger partial charge >= 0.3 is 0 Å². The van der Waals surface area contributed by atoms with Crippen LogP contribution in [0.15, 0.2) is 24.3 Å². The zero-order chi connectivity index (χ0) is 15.9. The third-order valence-electron chi connectivity index (χ3n) is 3.76. The Hall–Kier alpha value is -1.59. The molecule has 0 heterocycles. The average Bonchev–Trinajstić information content (AvgIpc) is 2.50. The van der Waals surface area contributed by atoms with Crippen LogP contribution in [0.4, 0.5) is 5.69 Å². The Kier molecular flexibility index (Phi) is 6.65. The zero-order valence-electron chi connectivity index (χ0n) is 12.4. The Balaban J connectivity index is 2.52. The highest BCUT2D eigenvalue weighted by Crippen LogP contribution is 2.24. The predicted octanol–water partition coefficient (Wildman–Crippen LogP) is 2.16. The number of nitrogens with two attached hydrogens (primary N) is 1. The lowest BCUT2D eigenvalue weighted by Gasteiger charge is -2.28. The van der Waals surface area contributed by atoms with Gasteiger partial charge in [-0.2, -0.15) is 0 Å². The van der Waals surface area contributed by atoms with E-state index in [0.29, 0.717) is 23.6 Å². The largest absolute Gasteiger partial charge is 0.347 e. The molecular formula is C15H22ClN3O2. The number of rotatable bonds is 7. The summed E-state index contributed by atoms with van der Waals surface area (Å²) in [4.78, 5) is 24.0. The maximum Gasteiger partial charge on any atom is 0.243 e. The molecule has 116 valence electrons. The molecule has 6 heteroatoms. The van der Waals surface area contributed by atoms with Gasteiger partial charge in [-0.25, -0.2) is 0 Å². The first-order valence-corrected chi connectivity index (χ1v) is 7.39. The summed E-state index contributed by atoms with van der Waals surface area (Å²) in [6.07, 6.45) is 1.29.